The third kappa shape index (κ3) is 6.64. The van der Waals surface area contributed by atoms with Crippen molar-refractivity contribution in [3.05, 3.63) is 41.7 Å². The predicted molar refractivity (Wildman–Crippen MR) is 126 cm³/mol. The molecule has 0 unspecified atom stereocenters. The third-order valence-corrected chi connectivity index (χ3v) is 8.01. The number of aliphatic hydroxyl groups excluding tert-OH is 1. The Kier molecular flexibility index (Phi) is 8.96. The summed E-state index contributed by atoms with van der Waals surface area (Å²) in [6, 6.07) is 7.32. The van der Waals surface area contributed by atoms with E-state index < -0.39 is 16.1 Å². The monoisotopic (exact) mass is 504 g/mol. The lowest BCUT2D eigenvalue weighted by Gasteiger charge is -2.35. The average Bonchev–Trinajstić information content (AvgIpc) is 3.31. The maximum absolute atomic E-state index is 13.2. The number of carbonyl (C=O) groups excluding carboxylic acids is 1. The van der Waals surface area contributed by atoms with Gasteiger partial charge in [0.25, 0.3) is 0 Å². The second-order valence-electron chi connectivity index (χ2n) is 8.90. The van der Waals surface area contributed by atoms with E-state index in [0.29, 0.717) is 37.2 Å². The highest BCUT2D eigenvalue weighted by atomic mass is 32.2. The van der Waals surface area contributed by atoms with Crippen molar-refractivity contribution in [2.24, 2.45) is 5.92 Å². The van der Waals surface area contributed by atoms with Crippen LogP contribution in [0.5, 0.6) is 0 Å². The first-order valence-electron chi connectivity index (χ1n) is 11.5. The molecule has 1 aromatic heterocycles. The SMILES string of the molecule is C[C@@H]1CN([C@@H](C)CO)C(=O)CCCn2cc(nn2)CO[C@H]1CN(C)S(=O)(=O)c1ccc(C#N)cc1. The molecule has 3 rings (SSSR count). The first-order valence-corrected chi connectivity index (χ1v) is 13.0. The molecule has 0 fully saturated rings. The van der Waals surface area contributed by atoms with Crippen molar-refractivity contribution in [2.45, 2.75) is 56.9 Å². The normalized spacial score (nSPS) is 21.0. The fraction of sp³-hybridized carbons (Fsp3) is 0.565. The molecule has 0 spiro atoms. The highest BCUT2D eigenvalue weighted by Gasteiger charge is 2.31. The molecule has 1 amide bonds. The summed E-state index contributed by atoms with van der Waals surface area (Å²) >= 11 is 0. The van der Waals surface area contributed by atoms with Gasteiger partial charge in [0.15, 0.2) is 0 Å². The molecular formula is C23H32N6O5S. The summed E-state index contributed by atoms with van der Waals surface area (Å²) in [4.78, 5) is 14.7. The molecule has 190 valence electrons. The van der Waals surface area contributed by atoms with Gasteiger partial charge in [-0.15, -0.1) is 5.10 Å². The van der Waals surface area contributed by atoms with Gasteiger partial charge in [0.1, 0.15) is 5.69 Å². The largest absolute Gasteiger partial charge is 0.394 e. The average molecular weight is 505 g/mol. The lowest BCUT2D eigenvalue weighted by Crippen LogP contribution is -2.47. The topological polar surface area (TPSA) is 142 Å². The number of carbonyl (C=O) groups is 1. The fourth-order valence-electron chi connectivity index (χ4n) is 3.93. The number of hydrogen-bond donors (Lipinski definition) is 1. The fourth-order valence-corrected chi connectivity index (χ4v) is 5.11. The Balaban J connectivity index is 1.85. The molecule has 1 aromatic carbocycles. The van der Waals surface area contributed by atoms with Gasteiger partial charge in [0.2, 0.25) is 15.9 Å². The van der Waals surface area contributed by atoms with Gasteiger partial charge in [-0.2, -0.15) is 9.57 Å². The van der Waals surface area contributed by atoms with Gasteiger partial charge in [0.05, 0.1) is 48.1 Å². The molecule has 12 heteroatoms. The molecule has 1 aliphatic rings. The zero-order chi connectivity index (χ0) is 25.6. The van der Waals surface area contributed by atoms with E-state index in [4.69, 9.17) is 10.00 Å². The Morgan fingerprint density at radius 1 is 1.34 bits per heavy atom. The summed E-state index contributed by atoms with van der Waals surface area (Å²) in [6.07, 6.45) is 2.07. The maximum atomic E-state index is 13.2. The molecule has 0 aliphatic carbocycles. The van der Waals surface area contributed by atoms with E-state index in [0.717, 1.165) is 0 Å². The first kappa shape index (κ1) is 26.7. The van der Waals surface area contributed by atoms with Gasteiger partial charge >= 0.3 is 0 Å². The molecule has 1 aliphatic heterocycles. The van der Waals surface area contributed by atoms with E-state index in [1.807, 2.05) is 13.0 Å². The number of hydrogen-bond acceptors (Lipinski definition) is 8. The second-order valence-corrected chi connectivity index (χ2v) is 10.9. The van der Waals surface area contributed by atoms with Gasteiger partial charge in [-0.05, 0) is 37.6 Å². The van der Waals surface area contributed by atoms with Crippen LogP contribution >= 0.6 is 0 Å². The second kappa shape index (κ2) is 11.7. The number of benzene rings is 1. The smallest absolute Gasteiger partial charge is 0.242 e. The zero-order valence-corrected chi connectivity index (χ0v) is 21.1. The van der Waals surface area contributed by atoms with Crippen LogP contribution in [0.3, 0.4) is 0 Å². The lowest BCUT2D eigenvalue weighted by atomic mass is 10.0. The van der Waals surface area contributed by atoms with Gasteiger partial charge in [-0.1, -0.05) is 12.1 Å². The number of rotatable bonds is 6. The minimum Gasteiger partial charge on any atom is -0.394 e. The number of aliphatic hydroxyl groups is 1. The van der Waals surface area contributed by atoms with E-state index in [1.165, 1.54) is 35.6 Å². The number of aryl methyl sites for hydroxylation is 1. The maximum Gasteiger partial charge on any atom is 0.242 e. The Bertz CT molecular complexity index is 1140. The molecule has 3 atom stereocenters. The number of amides is 1. The van der Waals surface area contributed by atoms with Crippen LogP contribution in [0, 0.1) is 17.2 Å². The van der Waals surface area contributed by atoms with Crippen LogP contribution in [0.15, 0.2) is 35.4 Å². The summed E-state index contributed by atoms with van der Waals surface area (Å²) in [5, 5.41) is 26.9. The lowest BCUT2D eigenvalue weighted by molar-refractivity contribution is -0.136. The Morgan fingerprint density at radius 3 is 2.71 bits per heavy atom. The summed E-state index contributed by atoms with van der Waals surface area (Å²) < 4.78 is 35.3. The van der Waals surface area contributed by atoms with Crippen molar-refractivity contribution in [1.29, 1.82) is 5.26 Å². The number of nitriles is 1. The van der Waals surface area contributed by atoms with Gasteiger partial charge in [-0.25, -0.2) is 8.42 Å². The minimum atomic E-state index is -3.84. The van der Waals surface area contributed by atoms with Gasteiger partial charge < -0.3 is 14.7 Å². The number of aromatic nitrogens is 3. The zero-order valence-electron chi connectivity index (χ0n) is 20.2. The standard InChI is InChI=1S/C23H32N6O5S/c1-17-12-29(18(2)15-30)23(31)5-4-10-28-13-20(25-26-28)16-34-22(17)14-27(3)35(32,33)21-8-6-19(11-24)7-9-21/h6-9,13,17-18,22,30H,4-5,10,12,14-16H2,1-3H3/t17-,18+,22+/m1/s1. The van der Waals surface area contributed by atoms with Crippen molar-refractivity contribution >= 4 is 15.9 Å². The van der Waals surface area contributed by atoms with Crippen molar-refractivity contribution in [2.75, 3.05) is 26.7 Å². The highest BCUT2D eigenvalue weighted by molar-refractivity contribution is 7.89. The van der Waals surface area contributed by atoms with Crippen LogP contribution in [-0.2, 0) is 32.7 Å². The molecule has 0 saturated carbocycles. The summed E-state index contributed by atoms with van der Waals surface area (Å²) in [6.45, 7) is 4.52. The van der Waals surface area contributed by atoms with Crippen molar-refractivity contribution in [1.82, 2.24) is 24.2 Å². The quantitative estimate of drug-likeness (QED) is 0.614. The molecule has 2 heterocycles. The van der Waals surface area contributed by atoms with Crippen LogP contribution in [-0.4, -0.2) is 82.5 Å². The first-order chi connectivity index (χ1) is 16.6. The molecule has 11 nitrogen and oxygen atoms in total. The van der Waals surface area contributed by atoms with Gasteiger partial charge in [-0.3, -0.25) is 9.48 Å². The molecule has 0 radical (unpaired) electrons. The predicted octanol–water partition coefficient (Wildman–Crippen LogP) is 0.995. The number of fused-ring (bicyclic) bond motifs is 2. The number of sulfonamides is 1. The van der Waals surface area contributed by atoms with Crippen LogP contribution < -0.4 is 0 Å². The Hall–Kier alpha value is -2.85. The molecule has 2 bridgehead atoms. The van der Waals surface area contributed by atoms with Crippen molar-refractivity contribution in [3.63, 3.8) is 0 Å². The van der Waals surface area contributed by atoms with Crippen LogP contribution in [0.25, 0.3) is 0 Å². The van der Waals surface area contributed by atoms with Crippen molar-refractivity contribution < 1.29 is 23.1 Å². The third-order valence-electron chi connectivity index (χ3n) is 6.17. The minimum absolute atomic E-state index is 0.0349. The summed E-state index contributed by atoms with van der Waals surface area (Å²) in [7, 11) is -2.37. The van der Waals surface area contributed by atoms with E-state index in [2.05, 4.69) is 10.3 Å². The van der Waals surface area contributed by atoms with Crippen molar-refractivity contribution in [3.8, 4) is 6.07 Å². The van der Waals surface area contributed by atoms with E-state index in [-0.39, 0.29) is 42.5 Å². The summed E-state index contributed by atoms with van der Waals surface area (Å²) in [5.74, 6) is -0.336. The molecular weight excluding hydrogens is 472 g/mol. The van der Waals surface area contributed by atoms with E-state index >= 15 is 0 Å². The Morgan fingerprint density at radius 2 is 2.06 bits per heavy atom. The molecule has 1 N–H and O–H groups in total. The highest BCUT2D eigenvalue weighted by Crippen LogP contribution is 2.21. The van der Waals surface area contributed by atoms with E-state index in [1.54, 1.807) is 22.7 Å². The number of ether oxygens (including phenoxy) is 1. The Labute approximate surface area is 205 Å². The van der Waals surface area contributed by atoms with E-state index in [9.17, 15) is 18.3 Å². The molecule has 35 heavy (non-hydrogen) atoms. The number of likely N-dealkylation sites (N-methyl/N-ethyl adjacent to an activating group) is 1. The summed E-state index contributed by atoms with van der Waals surface area (Å²) in [5.41, 5.74) is 0.987. The van der Waals surface area contributed by atoms with Crippen LogP contribution in [0.4, 0.5) is 0 Å². The molecule has 0 saturated heterocycles. The van der Waals surface area contributed by atoms with Gasteiger partial charge in [0, 0.05) is 39.0 Å². The molecule has 2 aromatic rings. The van der Waals surface area contributed by atoms with Crippen LogP contribution in [0.2, 0.25) is 0 Å². The number of nitrogens with zero attached hydrogens (tertiary/aromatic N) is 6. The van der Waals surface area contributed by atoms with Crippen LogP contribution in [0.1, 0.15) is 37.9 Å².